The van der Waals surface area contributed by atoms with Gasteiger partial charge < -0.3 is 25.8 Å². The number of rotatable bonds is 7. The molecule has 3 aromatic rings. The van der Waals surface area contributed by atoms with E-state index in [0.29, 0.717) is 23.0 Å². The normalized spacial score (nSPS) is 14.1. The number of nitrogens with zero attached hydrogens (tertiary/aromatic N) is 2. The molecule has 4 N–H and O–H groups in total. The minimum Gasteiger partial charge on any atom is -0.495 e. The van der Waals surface area contributed by atoms with Crippen molar-refractivity contribution in [2.75, 3.05) is 23.1 Å². The molecule has 36 heavy (non-hydrogen) atoms. The van der Waals surface area contributed by atoms with Gasteiger partial charge in [-0.15, -0.1) is 0 Å². The largest absolute Gasteiger partial charge is 0.495 e. The summed E-state index contributed by atoms with van der Waals surface area (Å²) < 4.78 is 46.3. The Morgan fingerprint density at radius 1 is 1.22 bits per heavy atom. The minimum absolute atomic E-state index is 0.0283. The van der Waals surface area contributed by atoms with Gasteiger partial charge >= 0.3 is 12.1 Å². The second-order valence-electron chi connectivity index (χ2n) is 8.57. The Hall–Kier alpha value is -4.35. The summed E-state index contributed by atoms with van der Waals surface area (Å²) in [6, 6.07) is 9.15. The molecule has 9 nitrogen and oxygen atoms in total. The molecule has 0 atom stereocenters. The minimum atomic E-state index is -4.73. The fourth-order valence-corrected chi connectivity index (χ4v) is 3.99. The van der Waals surface area contributed by atoms with Crippen molar-refractivity contribution >= 4 is 35.0 Å². The molecular formula is C24H22F3N5O4. The molecule has 0 fully saturated rings. The van der Waals surface area contributed by atoms with Crippen LogP contribution in [0.15, 0.2) is 42.6 Å². The molecule has 0 unspecified atom stereocenters. The summed E-state index contributed by atoms with van der Waals surface area (Å²) in [5, 5.41) is 17.4. The summed E-state index contributed by atoms with van der Waals surface area (Å²) in [5.74, 6) is -1.84. The van der Waals surface area contributed by atoms with Gasteiger partial charge in [0.2, 0.25) is 11.9 Å². The van der Waals surface area contributed by atoms with E-state index in [1.54, 1.807) is 32.0 Å². The number of hydrogen-bond donors (Lipinski definition) is 4. The highest BCUT2D eigenvalue weighted by molar-refractivity contribution is 6.06. The van der Waals surface area contributed by atoms with Crippen LogP contribution in [-0.4, -0.2) is 34.1 Å². The number of nitrogens with one attached hydrogen (secondary N) is 3. The average Bonchev–Trinajstić information content (AvgIpc) is 3.05. The summed E-state index contributed by atoms with van der Waals surface area (Å²) in [4.78, 5) is 31.3. The van der Waals surface area contributed by atoms with Crippen LogP contribution < -0.4 is 20.7 Å². The van der Waals surface area contributed by atoms with Crippen molar-refractivity contribution in [1.82, 2.24) is 9.97 Å². The summed E-state index contributed by atoms with van der Waals surface area (Å²) in [5.41, 5.74) is 0.275. The van der Waals surface area contributed by atoms with Crippen molar-refractivity contribution in [3.05, 3.63) is 64.8 Å². The number of carboxylic acid groups (broad SMARTS) is 1. The predicted octanol–water partition coefficient (Wildman–Crippen LogP) is 4.79. The zero-order valence-corrected chi connectivity index (χ0v) is 19.4. The molecule has 0 aliphatic carbocycles. The lowest BCUT2D eigenvalue weighted by molar-refractivity contribution is -0.137. The SMILES string of the molecule is COc1cc(C(=O)O)ccc1Nc1ncc(C(F)(F)F)c(NCc2cccc3c2C(C)(C)C(=O)N3)n1. The second kappa shape index (κ2) is 9.02. The number of ether oxygens (including phenoxy) is 1. The fourth-order valence-electron chi connectivity index (χ4n) is 3.99. The summed E-state index contributed by atoms with van der Waals surface area (Å²) in [7, 11) is 1.33. The van der Waals surface area contributed by atoms with Crippen LogP contribution in [-0.2, 0) is 22.9 Å². The third-order valence-electron chi connectivity index (χ3n) is 5.83. The Labute approximate surface area is 203 Å². The van der Waals surface area contributed by atoms with Gasteiger partial charge in [-0.1, -0.05) is 12.1 Å². The van der Waals surface area contributed by atoms with Crippen molar-refractivity contribution in [2.45, 2.75) is 32.0 Å². The fraction of sp³-hybridized carbons (Fsp3) is 0.250. The molecule has 188 valence electrons. The van der Waals surface area contributed by atoms with E-state index in [4.69, 9.17) is 9.84 Å². The molecule has 4 rings (SSSR count). The number of hydrogen-bond acceptors (Lipinski definition) is 7. The summed E-state index contributed by atoms with van der Waals surface area (Å²) in [6.45, 7) is 3.46. The Balaban J connectivity index is 1.66. The topological polar surface area (TPSA) is 125 Å². The van der Waals surface area contributed by atoms with Gasteiger partial charge in [-0.05, 0) is 49.2 Å². The van der Waals surface area contributed by atoms with Gasteiger partial charge in [-0.3, -0.25) is 4.79 Å². The van der Waals surface area contributed by atoms with Crippen LogP contribution in [0.25, 0.3) is 0 Å². The van der Waals surface area contributed by atoms with Crippen LogP contribution in [0.2, 0.25) is 0 Å². The molecule has 0 saturated carbocycles. The van der Waals surface area contributed by atoms with Crippen molar-refractivity contribution in [3.8, 4) is 5.75 Å². The third-order valence-corrected chi connectivity index (χ3v) is 5.83. The van der Waals surface area contributed by atoms with E-state index >= 15 is 0 Å². The lowest BCUT2D eigenvalue weighted by Crippen LogP contribution is -2.28. The zero-order valence-electron chi connectivity index (χ0n) is 19.4. The molecule has 0 radical (unpaired) electrons. The van der Waals surface area contributed by atoms with Crippen LogP contribution in [0.5, 0.6) is 5.75 Å². The van der Waals surface area contributed by atoms with Gasteiger partial charge in [-0.25, -0.2) is 9.78 Å². The number of fused-ring (bicyclic) bond motifs is 1. The molecule has 1 amide bonds. The maximum absolute atomic E-state index is 13.7. The number of amides is 1. The number of carbonyl (C=O) groups excluding carboxylic acids is 1. The van der Waals surface area contributed by atoms with Crippen LogP contribution in [0.1, 0.15) is 40.9 Å². The average molecular weight is 501 g/mol. The number of anilines is 4. The highest BCUT2D eigenvalue weighted by atomic mass is 19.4. The Bertz CT molecular complexity index is 1360. The lowest BCUT2D eigenvalue weighted by atomic mass is 9.83. The second-order valence-corrected chi connectivity index (χ2v) is 8.57. The maximum atomic E-state index is 13.7. The van der Waals surface area contributed by atoms with Gasteiger partial charge in [0.05, 0.1) is 23.8 Å². The zero-order chi connectivity index (χ0) is 26.3. The van der Waals surface area contributed by atoms with Crippen LogP contribution in [0.3, 0.4) is 0 Å². The van der Waals surface area contributed by atoms with E-state index in [2.05, 4.69) is 25.9 Å². The van der Waals surface area contributed by atoms with Crippen molar-refractivity contribution in [3.63, 3.8) is 0 Å². The van der Waals surface area contributed by atoms with Crippen LogP contribution >= 0.6 is 0 Å². The smallest absolute Gasteiger partial charge is 0.421 e. The predicted molar refractivity (Wildman–Crippen MR) is 126 cm³/mol. The van der Waals surface area contributed by atoms with Gasteiger partial charge in [0.15, 0.2) is 0 Å². The molecule has 1 aliphatic rings. The first kappa shape index (κ1) is 24.8. The molecule has 0 bridgehead atoms. The van der Waals surface area contributed by atoms with Gasteiger partial charge in [0, 0.05) is 18.4 Å². The highest BCUT2D eigenvalue weighted by Gasteiger charge is 2.40. The van der Waals surface area contributed by atoms with E-state index < -0.39 is 28.9 Å². The first-order valence-electron chi connectivity index (χ1n) is 10.7. The first-order valence-corrected chi connectivity index (χ1v) is 10.7. The summed E-state index contributed by atoms with van der Waals surface area (Å²) in [6.07, 6.45) is -4.07. The van der Waals surface area contributed by atoms with E-state index in [0.717, 1.165) is 0 Å². The number of alkyl halides is 3. The third kappa shape index (κ3) is 4.61. The molecule has 12 heteroatoms. The number of benzene rings is 2. The van der Waals surface area contributed by atoms with E-state index in [1.165, 1.54) is 25.3 Å². The van der Waals surface area contributed by atoms with Crippen molar-refractivity contribution < 1.29 is 32.6 Å². The highest BCUT2D eigenvalue weighted by Crippen LogP contribution is 2.40. The number of halogens is 3. The van der Waals surface area contributed by atoms with Gasteiger partial charge in [0.25, 0.3) is 0 Å². The summed E-state index contributed by atoms with van der Waals surface area (Å²) >= 11 is 0. The molecule has 2 aromatic carbocycles. The molecule has 1 aliphatic heterocycles. The Morgan fingerprint density at radius 2 is 1.97 bits per heavy atom. The van der Waals surface area contributed by atoms with E-state index in [-0.39, 0.29) is 35.4 Å². The maximum Gasteiger partial charge on any atom is 0.421 e. The van der Waals surface area contributed by atoms with Crippen LogP contribution in [0.4, 0.5) is 36.3 Å². The van der Waals surface area contributed by atoms with Crippen molar-refractivity contribution in [1.29, 1.82) is 0 Å². The molecule has 2 heterocycles. The lowest BCUT2D eigenvalue weighted by Gasteiger charge is -2.20. The molecule has 1 aromatic heterocycles. The monoisotopic (exact) mass is 501 g/mol. The quantitative estimate of drug-likeness (QED) is 0.364. The van der Waals surface area contributed by atoms with Crippen LogP contribution in [0, 0.1) is 0 Å². The first-order chi connectivity index (χ1) is 16.9. The number of carbonyl (C=O) groups is 2. The van der Waals surface area contributed by atoms with E-state index in [9.17, 15) is 22.8 Å². The molecule has 0 spiro atoms. The van der Waals surface area contributed by atoms with Gasteiger partial charge in [0.1, 0.15) is 17.1 Å². The Kier molecular flexibility index (Phi) is 6.21. The van der Waals surface area contributed by atoms with E-state index in [1.807, 2.05) is 0 Å². The molecule has 0 saturated heterocycles. The number of aromatic nitrogens is 2. The molecular weight excluding hydrogens is 479 g/mol. The standard InChI is InChI=1S/C24H22F3N5O4/c1-23(2)18-13(5-4-6-16(18)30-21(23)35)10-28-19-14(24(25,26)27)11-29-22(32-19)31-15-8-7-12(20(33)34)9-17(15)36-3/h4-9,11H,10H2,1-3H3,(H,30,35)(H,33,34)(H2,28,29,31,32). The van der Waals surface area contributed by atoms with Crippen molar-refractivity contribution in [2.24, 2.45) is 0 Å². The number of aromatic carboxylic acids is 1. The Morgan fingerprint density at radius 3 is 2.64 bits per heavy atom. The number of carboxylic acids is 1. The number of methoxy groups -OCH3 is 1. The van der Waals surface area contributed by atoms with Gasteiger partial charge in [-0.2, -0.15) is 18.2 Å².